The summed E-state index contributed by atoms with van der Waals surface area (Å²) in [6.07, 6.45) is 7.22. The van der Waals surface area contributed by atoms with Gasteiger partial charge in [0.25, 0.3) is 0 Å². The van der Waals surface area contributed by atoms with Crippen LogP contribution in [0, 0.1) is 0 Å². The summed E-state index contributed by atoms with van der Waals surface area (Å²) in [6.45, 7) is 17.7. The second kappa shape index (κ2) is 33.8. The zero-order valence-corrected chi connectivity index (χ0v) is 27.7. The van der Waals surface area contributed by atoms with E-state index in [2.05, 4.69) is 12.2 Å². The lowest BCUT2D eigenvalue weighted by Crippen LogP contribution is -2.34. The first-order valence-electron chi connectivity index (χ1n) is 16.1. The minimum Gasteiger partial charge on any atom is -0.444 e. The predicted molar refractivity (Wildman–Crippen MR) is 165 cm³/mol. The third kappa shape index (κ3) is 38.9. The van der Waals surface area contributed by atoms with Crippen LogP contribution in [0.15, 0.2) is 0 Å². The van der Waals surface area contributed by atoms with E-state index < -0.39 is 11.7 Å². The van der Waals surface area contributed by atoms with Crippen molar-refractivity contribution < 1.29 is 52.2 Å². The maximum atomic E-state index is 11.5. The average molecular weight is 626 g/mol. The average Bonchev–Trinajstić information content (AvgIpc) is 2.96. The van der Waals surface area contributed by atoms with E-state index in [0.717, 1.165) is 13.0 Å². The molecule has 0 unspecified atom stereocenters. The van der Waals surface area contributed by atoms with Gasteiger partial charge in [0.15, 0.2) is 0 Å². The molecule has 12 heteroatoms. The molecule has 0 aromatic rings. The van der Waals surface area contributed by atoms with Gasteiger partial charge < -0.3 is 52.7 Å². The molecular formula is C31H63NO11. The molecule has 0 saturated heterocycles. The zero-order valence-electron chi connectivity index (χ0n) is 27.7. The predicted octanol–water partition coefficient (Wildman–Crippen LogP) is 4.02. The van der Waals surface area contributed by atoms with Crippen LogP contribution in [-0.4, -0.2) is 137 Å². The molecule has 0 aromatic heterocycles. The monoisotopic (exact) mass is 625 g/mol. The highest BCUT2D eigenvalue weighted by molar-refractivity contribution is 5.67. The molecule has 0 spiro atoms. The largest absolute Gasteiger partial charge is 0.444 e. The van der Waals surface area contributed by atoms with Crippen molar-refractivity contribution in [2.75, 3.05) is 125 Å². The molecule has 258 valence electrons. The van der Waals surface area contributed by atoms with E-state index in [-0.39, 0.29) is 0 Å². The van der Waals surface area contributed by atoms with Crippen LogP contribution in [0.5, 0.6) is 0 Å². The van der Waals surface area contributed by atoms with E-state index in [0.29, 0.717) is 119 Å². The molecule has 1 amide bonds. The number of rotatable bonds is 34. The van der Waals surface area contributed by atoms with E-state index in [4.69, 9.17) is 47.4 Å². The summed E-state index contributed by atoms with van der Waals surface area (Å²) in [7, 11) is 0. The minimum absolute atomic E-state index is 0.388. The Morgan fingerprint density at radius 3 is 1.09 bits per heavy atom. The highest BCUT2D eigenvalue weighted by Gasteiger charge is 2.15. The Bertz CT molecular complexity index is 564. The molecule has 0 heterocycles. The summed E-state index contributed by atoms with van der Waals surface area (Å²) in [6, 6.07) is 0. The van der Waals surface area contributed by atoms with Gasteiger partial charge in [0.05, 0.1) is 112 Å². The first-order valence-corrected chi connectivity index (χ1v) is 16.1. The summed E-state index contributed by atoms with van der Waals surface area (Å²) >= 11 is 0. The van der Waals surface area contributed by atoms with Crippen LogP contribution in [0.1, 0.15) is 66.2 Å². The number of nitrogens with one attached hydrogen (secondary N) is 1. The number of amides is 1. The number of ether oxygens (including phenoxy) is 10. The van der Waals surface area contributed by atoms with Crippen molar-refractivity contribution in [2.24, 2.45) is 0 Å². The maximum absolute atomic E-state index is 11.5. The van der Waals surface area contributed by atoms with E-state index in [1.54, 1.807) is 0 Å². The van der Waals surface area contributed by atoms with Gasteiger partial charge >= 0.3 is 6.09 Å². The molecule has 0 aliphatic rings. The van der Waals surface area contributed by atoms with Gasteiger partial charge in [-0.3, -0.25) is 0 Å². The molecule has 0 saturated carbocycles. The van der Waals surface area contributed by atoms with Gasteiger partial charge in [0.2, 0.25) is 0 Å². The highest BCUT2D eigenvalue weighted by Crippen LogP contribution is 2.06. The second-order valence-corrected chi connectivity index (χ2v) is 10.7. The van der Waals surface area contributed by atoms with Gasteiger partial charge in [-0.15, -0.1) is 0 Å². The summed E-state index contributed by atoms with van der Waals surface area (Å²) in [5, 5.41) is 2.63. The van der Waals surface area contributed by atoms with Gasteiger partial charge in [-0.05, 0) is 27.2 Å². The number of carbonyl (C=O) groups is 1. The Morgan fingerprint density at radius 1 is 0.442 bits per heavy atom. The van der Waals surface area contributed by atoms with Gasteiger partial charge in [0, 0.05) is 13.2 Å². The Kier molecular flexibility index (Phi) is 32.9. The third-order valence-corrected chi connectivity index (χ3v) is 5.53. The van der Waals surface area contributed by atoms with Crippen LogP contribution in [0.2, 0.25) is 0 Å². The van der Waals surface area contributed by atoms with Crippen molar-refractivity contribution in [1.29, 1.82) is 0 Å². The molecule has 0 aromatic carbocycles. The molecule has 0 aliphatic carbocycles. The van der Waals surface area contributed by atoms with Crippen molar-refractivity contribution in [2.45, 2.75) is 71.8 Å². The molecule has 0 fully saturated rings. The van der Waals surface area contributed by atoms with Crippen LogP contribution in [0.3, 0.4) is 0 Å². The number of unbranched alkanes of at least 4 members (excludes halogenated alkanes) is 5. The summed E-state index contributed by atoms with van der Waals surface area (Å²) in [5.41, 5.74) is -0.506. The fourth-order valence-electron chi connectivity index (χ4n) is 3.39. The second-order valence-electron chi connectivity index (χ2n) is 10.7. The van der Waals surface area contributed by atoms with E-state index in [1.165, 1.54) is 32.1 Å². The topological polar surface area (TPSA) is 121 Å². The SMILES string of the molecule is CCCCCCCCOCCOCCOCCOCCOCCOCCOCCOCCOCCNC(=O)OC(C)(C)C. The quantitative estimate of drug-likeness (QED) is 0.104. The van der Waals surface area contributed by atoms with Gasteiger partial charge in [-0.1, -0.05) is 39.0 Å². The minimum atomic E-state index is -0.506. The normalized spacial score (nSPS) is 11.7. The maximum Gasteiger partial charge on any atom is 0.407 e. The first-order chi connectivity index (χ1) is 21.0. The van der Waals surface area contributed by atoms with Crippen LogP contribution in [0.4, 0.5) is 4.79 Å². The van der Waals surface area contributed by atoms with Gasteiger partial charge in [-0.2, -0.15) is 0 Å². The lowest BCUT2D eigenvalue weighted by atomic mass is 10.1. The molecule has 0 aliphatic heterocycles. The molecule has 43 heavy (non-hydrogen) atoms. The van der Waals surface area contributed by atoms with Gasteiger partial charge in [-0.25, -0.2) is 4.79 Å². The number of alkyl carbamates (subject to hydrolysis) is 1. The van der Waals surface area contributed by atoms with Crippen molar-refractivity contribution in [1.82, 2.24) is 5.32 Å². The highest BCUT2D eigenvalue weighted by atomic mass is 16.6. The van der Waals surface area contributed by atoms with Crippen LogP contribution >= 0.6 is 0 Å². The van der Waals surface area contributed by atoms with Crippen LogP contribution in [-0.2, 0) is 47.4 Å². The molecule has 0 bridgehead atoms. The number of hydrogen-bond donors (Lipinski definition) is 1. The van der Waals surface area contributed by atoms with E-state index in [1.807, 2.05) is 20.8 Å². The molecule has 12 nitrogen and oxygen atoms in total. The Hall–Kier alpha value is -1.09. The first kappa shape index (κ1) is 41.9. The Labute approximate surface area is 261 Å². The van der Waals surface area contributed by atoms with Crippen molar-refractivity contribution in [3.8, 4) is 0 Å². The lowest BCUT2D eigenvalue weighted by Gasteiger charge is -2.19. The van der Waals surface area contributed by atoms with Crippen LogP contribution in [0.25, 0.3) is 0 Å². The van der Waals surface area contributed by atoms with E-state index >= 15 is 0 Å². The third-order valence-electron chi connectivity index (χ3n) is 5.53. The molecule has 1 N–H and O–H groups in total. The molecular weight excluding hydrogens is 562 g/mol. The van der Waals surface area contributed by atoms with Crippen molar-refractivity contribution in [3.05, 3.63) is 0 Å². The van der Waals surface area contributed by atoms with Crippen molar-refractivity contribution in [3.63, 3.8) is 0 Å². The number of carbonyl (C=O) groups excluding carboxylic acids is 1. The Morgan fingerprint density at radius 2 is 0.744 bits per heavy atom. The summed E-state index contributed by atoms with van der Waals surface area (Å²) in [5.74, 6) is 0. The standard InChI is InChI=1S/C31H63NO11/c1-5-6-7-8-9-10-12-34-14-16-36-18-20-38-22-24-40-26-28-42-29-27-41-25-23-39-21-19-37-17-15-35-13-11-32-30(33)43-31(2,3)4/h5-29H2,1-4H3,(H,32,33). The molecule has 0 rings (SSSR count). The lowest BCUT2D eigenvalue weighted by molar-refractivity contribution is -0.0250. The molecule has 0 atom stereocenters. The van der Waals surface area contributed by atoms with Crippen LogP contribution < -0.4 is 5.32 Å². The molecule has 0 radical (unpaired) electrons. The summed E-state index contributed by atoms with van der Waals surface area (Å²) in [4.78, 5) is 11.5. The fraction of sp³-hybridized carbons (Fsp3) is 0.968. The number of hydrogen-bond acceptors (Lipinski definition) is 11. The fourth-order valence-corrected chi connectivity index (χ4v) is 3.39. The summed E-state index contributed by atoms with van der Waals surface area (Å²) < 4.78 is 54.4. The Balaban J connectivity index is 3.09. The zero-order chi connectivity index (χ0) is 31.5. The smallest absolute Gasteiger partial charge is 0.407 e. The van der Waals surface area contributed by atoms with E-state index in [9.17, 15) is 4.79 Å². The van der Waals surface area contributed by atoms with Crippen molar-refractivity contribution >= 4 is 6.09 Å². The van der Waals surface area contributed by atoms with Gasteiger partial charge in [0.1, 0.15) is 5.60 Å².